The molecule has 10 heteroatoms. The van der Waals surface area contributed by atoms with E-state index in [4.69, 9.17) is 34.8 Å². The first kappa shape index (κ1) is 32.4. The van der Waals surface area contributed by atoms with Gasteiger partial charge < -0.3 is 45.2 Å². The normalized spacial score (nSPS) is 9.52. The molecule has 29 heavy (non-hydrogen) atoms. The fraction of sp³-hybridized carbons (Fsp3) is 0.842. The van der Waals surface area contributed by atoms with Crippen LogP contribution in [0.25, 0.3) is 0 Å². The van der Waals surface area contributed by atoms with Crippen LogP contribution in [0.2, 0.25) is 0 Å². The zero-order valence-corrected chi connectivity index (χ0v) is 18.3. The highest BCUT2D eigenvalue weighted by Crippen LogP contribution is 1.86. The maximum atomic E-state index is 10.9. The lowest BCUT2D eigenvalue weighted by Gasteiger charge is -2.08. The second-order valence-corrected chi connectivity index (χ2v) is 4.74. The maximum absolute atomic E-state index is 10.9. The Morgan fingerprint density at radius 2 is 1.00 bits per heavy atom. The molecule has 0 bridgehead atoms. The van der Waals surface area contributed by atoms with E-state index in [0.29, 0.717) is 85.7 Å². The molecule has 0 saturated carbocycles. The number of nitrogens with one attached hydrogen (secondary N) is 1. The molecule has 5 N–H and O–H groups in total. The van der Waals surface area contributed by atoms with E-state index in [0.717, 1.165) is 0 Å². The second kappa shape index (κ2) is 34.2. The third-order valence-corrected chi connectivity index (χ3v) is 2.80. The monoisotopic (exact) mass is 423 g/mol. The van der Waals surface area contributed by atoms with Gasteiger partial charge in [0.2, 0.25) is 5.91 Å². The molecule has 0 aromatic carbocycles. The number of hydrogen-bond donors (Lipinski definition) is 3. The SMILES string of the molecule is C#CCOCCOCCOCCOCCOCCOCCC(=O)NC.CN.CN. The standard InChI is InChI=1S/C17H31NO7.2CH5N/c1-3-5-20-7-9-22-11-13-24-15-16-25-14-12-23-10-8-21-6-4-17(19)18-2;2*1-2/h1H,4-16H2,2H3,(H,18,19);2*2H2,1H3. The lowest BCUT2D eigenvalue weighted by atomic mass is 10.4. The van der Waals surface area contributed by atoms with Gasteiger partial charge in [-0.1, -0.05) is 5.92 Å². The minimum absolute atomic E-state index is 0.0304. The molecule has 0 aliphatic heterocycles. The molecule has 0 aliphatic carbocycles. The van der Waals surface area contributed by atoms with E-state index in [2.05, 4.69) is 22.7 Å². The summed E-state index contributed by atoms with van der Waals surface area (Å²) in [5, 5.41) is 2.53. The number of terminal acetylenes is 1. The van der Waals surface area contributed by atoms with Crippen LogP contribution in [0.15, 0.2) is 0 Å². The van der Waals surface area contributed by atoms with Crippen LogP contribution in [-0.4, -0.2) is 106 Å². The number of amides is 1. The first-order valence-corrected chi connectivity index (χ1v) is 9.57. The highest BCUT2D eigenvalue weighted by atomic mass is 16.6. The number of carbonyl (C=O) groups excluding carboxylic acids is 1. The first-order chi connectivity index (χ1) is 14.3. The van der Waals surface area contributed by atoms with E-state index in [1.165, 1.54) is 14.1 Å². The summed E-state index contributed by atoms with van der Waals surface area (Å²) in [6.07, 6.45) is 5.41. The summed E-state index contributed by atoms with van der Waals surface area (Å²) >= 11 is 0. The molecule has 0 fully saturated rings. The van der Waals surface area contributed by atoms with Gasteiger partial charge in [-0.3, -0.25) is 4.79 Å². The van der Waals surface area contributed by atoms with Gasteiger partial charge in [0.25, 0.3) is 0 Å². The van der Waals surface area contributed by atoms with E-state index in [1.54, 1.807) is 7.05 Å². The van der Waals surface area contributed by atoms with Crippen LogP contribution >= 0.6 is 0 Å². The number of carbonyl (C=O) groups is 1. The van der Waals surface area contributed by atoms with Crippen molar-refractivity contribution in [1.29, 1.82) is 0 Å². The van der Waals surface area contributed by atoms with Crippen LogP contribution in [0.4, 0.5) is 0 Å². The van der Waals surface area contributed by atoms with Crippen molar-refractivity contribution in [2.75, 3.05) is 100 Å². The third kappa shape index (κ3) is 34.6. The van der Waals surface area contributed by atoms with Crippen LogP contribution in [0.5, 0.6) is 0 Å². The van der Waals surface area contributed by atoms with Crippen molar-refractivity contribution in [2.45, 2.75) is 6.42 Å². The van der Waals surface area contributed by atoms with Gasteiger partial charge in [-0.25, -0.2) is 0 Å². The molecule has 0 aromatic heterocycles. The lowest BCUT2D eigenvalue weighted by Crippen LogP contribution is -2.20. The largest absolute Gasteiger partial charge is 0.379 e. The van der Waals surface area contributed by atoms with Gasteiger partial charge >= 0.3 is 0 Å². The molecule has 0 aliphatic rings. The van der Waals surface area contributed by atoms with Crippen molar-refractivity contribution in [3.05, 3.63) is 0 Å². The van der Waals surface area contributed by atoms with E-state index < -0.39 is 0 Å². The fourth-order valence-electron chi connectivity index (χ4n) is 1.52. The summed E-state index contributed by atoms with van der Waals surface area (Å²) in [6.45, 7) is 5.72. The molecule has 174 valence electrons. The minimum Gasteiger partial charge on any atom is -0.379 e. The van der Waals surface area contributed by atoms with Gasteiger partial charge in [-0.2, -0.15) is 0 Å². The summed E-state index contributed by atoms with van der Waals surface area (Å²) in [5.74, 6) is 2.35. The molecule has 0 rings (SSSR count). The molecule has 0 radical (unpaired) electrons. The van der Waals surface area contributed by atoms with Crippen LogP contribution in [0.3, 0.4) is 0 Å². The molecule has 0 atom stereocenters. The van der Waals surface area contributed by atoms with E-state index >= 15 is 0 Å². The van der Waals surface area contributed by atoms with Crippen LogP contribution in [-0.2, 0) is 33.2 Å². The molecule has 0 saturated heterocycles. The molecular formula is C19H41N3O7. The number of ether oxygens (including phenoxy) is 6. The molecular weight excluding hydrogens is 382 g/mol. The Kier molecular flexibility index (Phi) is 38.2. The number of nitrogens with two attached hydrogens (primary N) is 2. The average molecular weight is 424 g/mol. The van der Waals surface area contributed by atoms with Gasteiger partial charge in [-0.05, 0) is 14.1 Å². The Morgan fingerprint density at radius 1 is 0.690 bits per heavy atom. The second-order valence-electron chi connectivity index (χ2n) is 4.74. The molecule has 10 nitrogen and oxygen atoms in total. The zero-order valence-electron chi connectivity index (χ0n) is 18.3. The molecule has 0 aromatic rings. The van der Waals surface area contributed by atoms with E-state index in [1.807, 2.05) is 0 Å². The molecule has 0 spiro atoms. The van der Waals surface area contributed by atoms with Crippen molar-refractivity contribution in [1.82, 2.24) is 5.32 Å². The smallest absolute Gasteiger partial charge is 0.222 e. The Morgan fingerprint density at radius 3 is 1.31 bits per heavy atom. The Hall–Kier alpha value is -1.29. The lowest BCUT2D eigenvalue weighted by molar-refractivity contribution is -0.121. The highest BCUT2D eigenvalue weighted by molar-refractivity contribution is 5.75. The van der Waals surface area contributed by atoms with Gasteiger partial charge in [0.15, 0.2) is 0 Å². The predicted molar refractivity (Wildman–Crippen MR) is 113 cm³/mol. The Balaban J connectivity index is -0.00000158. The molecule has 1 amide bonds. The first-order valence-electron chi connectivity index (χ1n) is 9.57. The highest BCUT2D eigenvalue weighted by Gasteiger charge is 1.97. The van der Waals surface area contributed by atoms with Gasteiger partial charge in [0, 0.05) is 13.5 Å². The van der Waals surface area contributed by atoms with Crippen molar-refractivity contribution < 1.29 is 33.2 Å². The Bertz CT molecular complexity index is 342. The minimum atomic E-state index is -0.0304. The topological polar surface area (TPSA) is 137 Å². The summed E-state index contributed by atoms with van der Waals surface area (Å²) < 4.78 is 31.6. The zero-order chi connectivity index (χ0) is 22.4. The van der Waals surface area contributed by atoms with Crippen LogP contribution < -0.4 is 16.8 Å². The van der Waals surface area contributed by atoms with Crippen molar-refractivity contribution in [3.63, 3.8) is 0 Å². The number of hydrogen-bond acceptors (Lipinski definition) is 9. The van der Waals surface area contributed by atoms with Crippen molar-refractivity contribution in [2.24, 2.45) is 11.5 Å². The third-order valence-electron chi connectivity index (χ3n) is 2.80. The maximum Gasteiger partial charge on any atom is 0.222 e. The van der Waals surface area contributed by atoms with Crippen LogP contribution in [0, 0.1) is 12.3 Å². The summed E-state index contributed by atoms with van der Waals surface area (Å²) in [5.41, 5.74) is 9.00. The van der Waals surface area contributed by atoms with Gasteiger partial charge in [0.05, 0.1) is 72.7 Å². The van der Waals surface area contributed by atoms with Crippen LogP contribution in [0.1, 0.15) is 6.42 Å². The number of rotatable bonds is 19. The molecule has 0 heterocycles. The summed E-state index contributed by atoms with van der Waals surface area (Å²) in [4.78, 5) is 10.9. The van der Waals surface area contributed by atoms with E-state index in [-0.39, 0.29) is 5.91 Å². The van der Waals surface area contributed by atoms with Gasteiger partial charge in [0.1, 0.15) is 6.61 Å². The van der Waals surface area contributed by atoms with Crippen molar-refractivity contribution in [3.8, 4) is 12.3 Å². The summed E-state index contributed by atoms with van der Waals surface area (Å²) in [6, 6.07) is 0. The Labute approximate surface area is 175 Å². The quantitative estimate of drug-likeness (QED) is 0.177. The predicted octanol–water partition coefficient (Wildman–Crippen LogP) is -0.995. The van der Waals surface area contributed by atoms with Crippen molar-refractivity contribution >= 4 is 5.91 Å². The average Bonchev–Trinajstić information content (AvgIpc) is 2.78. The molecule has 0 unspecified atom stereocenters. The van der Waals surface area contributed by atoms with Gasteiger partial charge in [-0.15, -0.1) is 6.42 Å². The fourth-order valence-corrected chi connectivity index (χ4v) is 1.52. The van der Waals surface area contributed by atoms with E-state index in [9.17, 15) is 4.79 Å². The summed E-state index contributed by atoms with van der Waals surface area (Å²) in [7, 11) is 4.60.